The molecule has 0 spiro atoms. The molecule has 23 heavy (non-hydrogen) atoms. The minimum atomic E-state index is -3.57. The van der Waals surface area contributed by atoms with E-state index in [1.807, 2.05) is 49.4 Å². The largest absolute Gasteiger partial charge is 0.266 e. The highest BCUT2D eigenvalue weighted by molar-refractivity contribution is 14.1. The number of benzene rings is 2. The molecule has 0 unspecified atom stereocenters. The van der Waals surface area contributed by atoms with Crippen molar-refractivity contribution in [1.82, 2.24) is 0 Å². The van der Waals surface area contributed by atoms with Gasteiger partial charge < -0.3 is 0 Å². The van der Waals surface area contributed by atoms with Crippen molar-refractivity contribution in [2.45, 2.75) is 24.7 Å². The molecule has 0 atom stereocenters. The van der Waals surface area contributed by atoms with Crippen LogP contribution in [0.15, 0.2) is 69.7 Å². The minimum absolute atomic E-state index is 0.320. The van der Waals surface area contributed by atoms with E-state index in [0.717, 1.165) is 22.0 Å². The zero-order chi connectivity index (χ0) is 16.9. The summed E-state index contributed by atoms with van der Waals surface area (Å²) < 4.78 is 28.6. The third kappa shape index (κ3) is 4.81. The van der Waals surface area contributed by atoms with Crippen LogP contribution in [0.25, 0.3) is 0 Å². The van der Waals surface area contributed by atoms with Crippen molar-refractivity contribution in [2.24, 2.45) is 0 Å². The summed E-state index contributed by atoms with van der Waals surface area (Å²) in [6, 6.07) is 16.2. The minimum Gasteiger partial charge on any atom is -0.266 e. The molecule has 2 aromatic rings. The van der Waals surface area contributed by atoms with E-state index in [1.165, 1.54) is 4.31 Å². The highest BCUT2D eigenvalue weighted by Gasteiger charge is 2.24. The van der Waals surface area contributed by atoms with E-state index in [1.54, 1.807) is 12.1 Å². The summed E-state index contributed by atoms with van der Waals surface area (Å²) in [5, 5.41) is 0. The molecule has 2 aromatic carbocycles. The maximum Gasteiger partial charge on any atom is 0.264 e. The van der Waals surface area contributed by atoms with Gasteiger partial charge in [-0.3, -0.25) is 4.31 Å². The topological polar surface area (TPSA) is 37.4 Å². The lowest BCUT2D eigenvalue weighted by Crippen LogP contribution is -2.32. The molecular weight excluding hydrogens is 421 g/mol. The van der Waals surface area contributed by atoms with Crippen LogP contribution in [0.3, 0.4) is 0 Å². The lowest BCUT2D eigenvalue weighted by atomic mass is 10.2. The molecule has 0 amide bonds. The van der Waals surface area contributed by atoms with Gasteiger partial charge in [0.25, 0.3) is 10.0 Å². The van der Waals surface area contributed by atoms with Gasteiger partial charge in [-0.25, -0.2) is 8.42 Å². The standard InChI is InChI=1S/C18H20INO2S/c1-15-10-12-18(13-11-15)23(21,22)20(14-6-7-16(2)19)17-8-4-3-5-9-17/h3-5,8-13H,2,6-7,14H2,1H3. The van der Waals surface area contributed by atoms with Crippen LogP contribution in [0.4, 0.5) is 5.69 Å². The Hall–Kier alpha value is -1.34. The van der Waals surface area contributed by atoms with Crippen molar-refractivity contribution >= 4 is 38.3 Å². The van der Waals surface area contributed by atoms with Gasteiger partial charge in [0.2, 0.25) is 0 Å². The summed E-state index contributed by atoms with van der Waals surface area (Å²) in [5.41, 5.74) is 1.73. The number of rotatable bonds is 7. The number of para-hydroxylation sites is 1. The van der Waals surface area contributed by atoms with Crippen molar-refractivity contribution in [3.63, 3.8) is 0 Å². The first-order valence-corrected chi connectivity index (χ1v) is 9.91. The Morgan fingerprint density at radius 1 is 1.09 bits per heavy atom. The summed E-state index contributed by atoms with van der Waals surface area (Å²) >= 11 is 2.18. The van der Waals surface area contributed by atoms with E-state index < -0.39 is 10.0 Å². The Morgan fingerprint density at radius 3 is 2.26 bits per heavy atom. The average molecular weight is 441 g/mol. The van der Waals surface area contributed by atoms with Crippen LogP contribution in [0.5, 0.6) is 0 Å². The predicted molar refractivity (Wildman–Crippen MR) is 105 cm³/mol. The zero-order valence-electron chi connectivity index (χ0n) is 13.1. The number of sulfonamides is 1. The van der Waals surface area contributed by atoms with Crippen LogP contribution >= 0.6 is 22.6 Å². The van der Waals surface area contributed by atoms with Crippen molar-refractivity contribution < 1.29 is 8.42 Å². The summed E-state index contributed by atoms with van der Waals surface area (Å²) in [5.74, 6) is 0. The number of hydrogen-bond acceptors (Lipinski definition) is 2. The molecule has 0 fully saturated rings. The number of hydrogen-bond donors (Lipinski definition) is 0. The van der Waals surface area contributed by atoms with Gasteiger partial charge >= 0.3 is 0 Å². The second-order valence-corrected chi connectivity index (χ2v) is 8.73. The van der Waals surface area contributed by atoms with Gasteiger partial charge in [0, 0.05) is 6.54 Å². The lowest BCUT2D eigenvalue weighted by molar-refractivity contribution is 0.589. The number of aryl methyl sites for hydroxylation is 1. The molecule has 5 heteroatoms. The molecule has 0 saturated carbocycles. The molecule has 0 aliphatic heterocycles. The summed E-state index contributed by atoms with van der Waals surface area (Å²) in [7, 11) is -3.57. The average Bonchev–Trinajstić information content (AvgIpc) is 2.52. The van der Waals surface area contributed by atoms with Gasteiger partial charge in [0.1, 0.15) is 0 Å². The third-order valence-electron chi connectivity index (χ3n) is 3.46. The Labute approximate surface area is 152 Å². The molecule has 3 nitrogen and oxygen atoms in total. The van der Waals surface area contributed by atoms with Gasteiger partial charge in [-0.05, 0) is 70.2 Å². The van der Waals surface area contributed by atoms with E-state index in [-0.39, 0.29) is 0 Å². The second kappa shape index (κ2) is 7.97. The molecule has 0 N–H and O–H groups in total. The SMILES string of the molecule is C=C(I)CCCN(c1ccccc1)S(=O)(=O)c1ccc(C)cc1. The van der Waals surface area contributed by atoms with Crippen LogP contribution in [0.1, 0.15) is 18.4 Å². The Balaban J connectivity index is 2.35. The van der Waals surface area contributed by atoms with Crippen molar-refractivity contribution in [3.05, 3.63) is 70.3 Å². The monoisotopic (exact) mass is 441 g/mol. The number of nitrogens with zero attached hydrogens (tertiary/aromatic N) is 1. The molecule has 0 saturated heterocycles. The number of allylic oxidation sites excluding steroid dienone is 1. The molecular formula is C18H20INO2S. The smallest absolute Gasteiger partial charge is 0.264 e. The van der Waals surface area contributed by atoms with Gasteiger partial charge in [0.15, 0.2) is 0 Å². The number of anilines is 1. The Morgan fingerprint density at radius 2 is 1.70 bits per heavy atom. The van der Waals surface area contributed by atoms with E-state index >= 15 is 0 Å². The van der Waals surface area contributed by atoms with Gasteiger partial charge in [-0.2, -0.15) is 0 Å². The van der Waals surface area contributed by atoms with E-state index in [0.29, 0.717) is 17.1 Å². The molecule has 0 heterocycles. The van der Waals surface area contributed by atoms with Crippen molar-refractivity contribution in [2.75, 3.05) is 10.8 Å². The molecule has 0 radical (unpaired) electrons. The van der Waals surface area contributed by atoms with Crippen molar-refractivity contribution in [3.8, 4) is 0 Å². The van der Waals surface area contributed by atoms with Crippen LogP contribution < -0.4 is 4.31 Å². The summed E-state index contributed by atoms with van der Waals surface area (Å²) in [6.07, 6.45) is 1.54. The molecule has 0 aliphatic rings. The van der Waals surface area contributed by atoms with Crippen molar-refractivity contribution in [1.29, 1.82) is 0 Å². The first kappa shape index (κ1) is 18.0. The predicted octanol–water partition coefficient (Wildman–Crippen LogP) is 4.92. The van der Waals surface area contributed by atoms with Gasteiger partial charge in [-0.15, -0.1) is 0 Å². The molecule has 0 aromatic heterocycles. The van der Waals surface area contributed by atoms with Crippen LogP contribution in [0.2, 0.25) is 0 Å². The first-order valence-electron chi connectivity index (χ1n) is 7.39. The molecule has 2 rings (SSSR count). The fourth-order valence-corrected chi connectivity index (χ4v) is 4.12. The number of halogens is 1. The lowest BCUT2D eigenvalue weighted by Gasteiger charge is -2.24. The van der Waals surface area contributed by atoms with E-state index in [9.17, 15) is 8.42 Å². The fourth-order valence-electron chi connectivity index (χ4n) is 2.23. The highest BCUT2D eigenvalue weighted by atomic mass is 127. The maximum atomic E-state index is 13.0. The Kier molecular flexibility index (Phi) is 6.24. The first-order chi connectivity index (χ1) is 10.9. The normalized spacial score (nSPS) is 11.2. The van der Waals surface area contributed by atoms with Crippen LogP contribution in [-0.4, -0.2) is 15.0 Å². The van der Waals surface area contributed by atoms with Gasteiger partial charge in [0.05, 0.1) is 10.6 Å². The second-order valence-electron chi connectivity index (χ2n) is 5.35. The Bertz CT molecular complexity index is 755. The molecule has 0 aliphatic carbocycles. The summed E-state index contributed by atoms with van der Waals surface area (Å²) in [6.45, 7) is 6.25. The molecule has 122 valence electrons. The third-order valence-corrected chi connectivity index (χ3v) is 5.84. The maximum absolute atomic E-state index is 13.0. The molecule has 0 bridgehead atoms. The van der Waals surface area contributed by atoms with Gasteiger partial charge in [-0.1, -0.05) is 42.5 Å². The van der Waals surface area contributed by atoms with Crippen LogP contribution in [0, 0.1) is 6.92 Å². The van der Waals surface area contributed by atoms with E-state index in [4.69, 9.17) is 0 Å². The van der Waals surface area contributed by atoms with E-state index in [2.05, 4.69) is 29.2 Å². The zero-order valence-corrected chi connectivity index (χ0v) is 16.0. The summed E-state index contributed by atoms with van der Waals surface area (Å²) in [4.78, 5) is 0.320. The fraction of sp³-hybridized carbons (Fsp3) is 0.222. The highest BCUT2D eigenvalue weighted by Crippen LogP contribution is 2.25. The van der Waals surface area contributed by atoms with Crippen LogP contribution in [-0.2, 0) is 10.0 Å². The quantitative estimate of drug-likeness (QED) is 0.572.